The van der Waals surface area contributed by atoms with Crippen LogP contribution in [-0.2, 0) is 5.75 Å². The molecule has 0 atom stereocenters. The summed E-state index contributed by atoms with van der Waals surface area (Å²) >= 11 is 2.85. The summed E-state index contributed by atoms with van der Waals surface area (Å²) in [5.41, 5.74) is 0.990. The molecule has 0 bridgehead atoms. The van der Waals surface area contributed by atoms with Crippen LogP contribution in [0.25, 0.3) is 10.8 Å². The molecule has 2 aromatic heterocycles. The maximum Gasteiger partial charge on any atom is 0.278 e. The molecule has 2 aromatic carbocycles. The average molecular weight is 395 g/mol. The molecular weight excluding hydrogens is 382 g/mol. The van der Waals surface area contributed by atoms with Gasteiger partial charge in [0, 0.05) is 11.1 Å². The van der Waals surface area contributed by atoms with Crippen molar-refractivity contribution in [3.05, 3.63) is 76.2 Å². The van der Waals surface area contributed by atoms with Crippen molar-refractivity contribution in [1.29, 1.82) is 0 Å². The van der Waals surface area contributed by atoms with Crippen LogP contribution in [0.15, 0.2) is 63.7 Å². The number of carbonyl (C=O) groups is 1. The highest BCUT2D eigenvalue weighted by molar-refractivity contribution is 8.00. The first kappa shape index (κ1) is 17.4. The molecule has 7 nitrogen and oxygen atoms in total. The van der Waals surface area contributed by atoms with E-state index in [-0.39, 0.29) is 11.3 Å². The van der Waals surface area contributed by atoms with E-state index in [0.717, 1.165) is 10.1 Å². The summed E-state index contributed by atoms with van der Waals surface area (Å²) in [4.78, 5) is 24.4. The highest BCUT2D eigenvalue weighted by Gasteiger charge is 2.16. The van der Waals surface area contributed by atoms with Crippen LogP contribution in [0.2, 0.25) is 0 Å². The Labute approximate surface area is 161 Å². The fourth-order valence-electron chi connectivity index (χ4n) is 2.48. The van der Waals surface area contributed by atoms with Crippen molar-refractivity contribution >= 4 is 44.9 Å². The first-order valence-corrected chi connectivity index (χ1v) is 9.80. The maximum atomic E-state index is 12.6. The zero-order valence-corrected chi connectivity index (χ0v) is 15.5. The number of thioether (sulfide) groups is 1. The normalized spacial score (nSPS) is 10.8. The predicted octanol–water partition coefficient (Wildman–Crippen LogP) is 3.32. The van der Waals surface area contributed by atoms with E-state index >= 15 is 0 Å². The number of anilines is 1. The monoisotopic (exact) mass is 395 g/mol. The minimum absolute atomic E-state index is 0.138. The molecule has 0 aliphatic heterocycles. The third-order valence-corrected chi connectivity index (χ3v) is 5.79. The molecule has 134 valence electrons. The zero-order valence-electron chi connectivity index (χ0n) is 13.9. The van der Waals surface area contributed by atoms with Gasteiger partial charge in [-0.1, -0.05) is 71.6 Å². The number of H-pyrrole nitrogens is 1. The highest BCUT2D eigenvalue weighted by Crippen LogP contribution is 2.28. The Morgan fingerprint density at radius 3 is 2.59 bits per heavy atom. The molecule has 0 saturated carbocycles. The molecular formula is C18H13N5O2S2. The fourth-order valence-corrected chi connectivity index (χ4v) is 4.18. The summed E-state index contributed by atoms with van der Waals surface area (Å²) in [5, 5.41) is 18.3. The standard InChI is InChI=1S/C18H13N5O2S2/c24-15-13-9-5-4-8-12(13)14(20-21-15)16(25)19-17-22-23-18(27-17)26-10-11-6-2-1-3-7-11/h1-9H,10H2,(H,21,24)(H,19,22,25). The average Bonchev–Trinajstić information content (AvgIpc) is 3.15. The number of carbonyl (C=O) groups excluding carboxylic acids is 1. The van der Waals surface area contributed by atoms with Crippen molar-refractivity contribution < 1.29 is 4.79 Å². The van der Waals surface area contributed by atoms with Crippen LogP contribution < -0.4 is 10.9 Å². The summed E-state index contributed by atoms with van der Waals surface area (Å²) in [5.74, 6) is 0.327. The summed E-state index contributed by atoms with van der Waals surface area (Å²) < 4.78 is 0.758. The van der Waals surface area contributed by atoms with Crippen LogP contribution in [0.4, 0.5) is 5.13 Å². The summed E-state index contributed by atoms with van der Waals surface area (Å²) in [6.07, 6.45) is 0. The Balaban J connectivity index is 1.49. The van der Waals surface area contributed by atoms with Gasteiger partial charge < -0.3 is 0 Å². The SMILES string of the molecule is O=C(Nc1nnc(SCc2ccccc2)s1)c1n[nH]c(=O)c2ccccc12. The van der Waals surface area contributed by atoms with Gasteiger partial charge in [-0.25, -0.2) is 5.10 Å². The molecule has 2 N–H and O–H groups in total. The van der Waals surface area contributed by atoms with Gasteiger partial charge in [0.1, 0.15) is 0 Å². The lowest BCUT2D eigenvalue weighted by molar-refractivity contribution is 0.102. The molecule has 0 aliphatic carbocycles. The fraction of sp³-hybridized carbons (Fsp3) is 0.0556. The molecule has 1 amide bonds. The Bertz CT molecular complexity index is 1160. The smallest absolute Gasteiger partial charge is 0.278 e. The molecule has 0 aliphatic rings. The number of amides is 1. The Morgan fingerprint density at radius 2 is 1.78 bits per heavy atom. The van der Waals surface area contributed by atoms with Crippen molar-refractivity contribution in [3.8, 4) is 0 Å². The van der Waals surface area contributed by atoms with E-state index in [9.17, 15) is 9.59 Å². The van der Waals surface area contributed by atoms with Crippen molar-refractivity contribution in [1.82, 2.24) is 20.4 Å². The van der Waals surface area contributed by atoms with E-state index in [2.05, 4.69) is 25.7 Å². The van der Waals surface area contributed by atoms with Crippen LogP contribution >= 0.6 is 23.1 Å². The van der Waals surface area contributed by atoms with E-state index in [1.54, 1.807) is 36.0 Å². The van der Waals surface area contributed by atoms with Crippen LogP contribution in [-0.4, -0.2) is 26.3 Å². The second kappa shape index (κ2) is 7.68. The minimum atomic E-state index is -0.446. The molecule has 2 heterocycles. The summed E-state index contributed by atoms with van der Waals surface area (Å²) in [6, 6.07) is 16.9. The topological polar surface area (TPSA) is 101 Å². The van der Waals surface area contributed by atoms with Crippen molar-refractivity contribution in [2.75, 3.05) is 5.32 Å². The van der Waals surface area contributed by atoms with Crippen LogP contribution in [0.5, 0.6) is 0 Å². The van der Waals surface area contributed by atoms with E-state index in [0.29, 0.717) is 15.9 Å². The van der Waals surface area contributed by atoms with Crippen LogP contribution in [0.1, 0.15) is 16.1 Å². The van der Waals surface area contributed by atoms with E-state index < -0.39 is 5.91 Å². The van der Waals surface area contributed by atoms with Crippen LogP contribution in [0.3, 0.4) is 0 Å². The molecule has 0 unspecified atom stereocenters. The summed E-state index contributed by atoms with van der Waals surface area (Å²) in [7, 11) is 0. The van der Waals surface area contributed by atoms with Gasteiger partial charge in [0.2, 0.25) is 5.13 Å². The molecule has 0 fully saturated rings. The Hall–Kier alpha value is -3.04. The number of rotatable bonds is 5. The van der Waals surface area contributed by atoms with E-state index in [1.807, 2.05) is 30.3 Å². The van der Waals surface area contributed by atoms with Gasteiger partial charge in [-0.05, 0) is 11.6 Å². The number of fused-ring (bicyclic) bond motifs is 1. The number of hydrogen-bond acceptors (Lipinski definition) is 7. The van der Waals surface area contributed by atoms with E-state index in [4.69, 9.17) is 0 Å². The molecule has 0 saturated heterocycles. The Morgan fingerprint density at radius 1 is 1.04 bits per heavy atom. The maximum absolute atomic E-state index is 12.6. The van der Waals surface area contributed by atoms with Crippen molar-refractivity contribution in [2.45, 2.75) is 10.1 Å². The predicted molar refractivity (Wildman–Crippen MR) is 106 cm³/mol. The van der Waals surface area contributed by atoms with Crippen molar-refractivity contribution in [2.24, 2.45) is 0 Å². The molecule has 9 heteroatoms. The first-order chi connectivity index (χ1) is 13.2. The summed E-state index contributed by atoms with van der Waals surface area (Å²) in [6.45, 7) is 0. The zero-order chi connectivity index (χ0) is 18.6. The number of hydrogen-bond donors (Lipinski definition) is 2. The third-order valence-electron chi connectivity index (χ3n) is 3.74. The highest BCUT2D eigenvalue weighted by atomic mass is 32.2. The number of benzene rings is 2. The van der Waals surface area contributed by atoms with E-state index in [1.165, 1.54) is 16.9 Å². The Kier molecular flexibility index (Phi) is 4.95. The lowest BCUT2D eigenvalue weighted by Crippen LogP contribution is -2.19. The molecule has 4 rings (SSSR count). The molecule has 4 aromatic rings. The van der Waals surface area contributed by atoms with Crippen LogP contribution in [0, 0.1) is 0 Å². The first-order valence-electron chi connectivity index (χ1n) is 8.00. The lowest BCUT2D eigenvalue weighted by Gasteiger charge is -2.03. The molecule has 0 spiro atoms. The van der Waals surface area contributed by atoms with Gasteiger partial charge in [0.05, 0.1) is 5.39 Å². The number of aromatic amines is 1. The van der Waals surface area contributed by atoms with Gasteiger partial charge in [0.15, 0.2) is 10.0 Å². The number of nitrogens with one attached hydrogen (secondary N) is 2. The third kappa shape index (κ3) is 3.88. The van der Waals surface area contributed by atoms with Gasteiger partial charge in [-0.3, -0.25) is 14.9 Å². The van der Waals surface area contributed by atoms with Gasteiger partial charge in [-0.15, -0.1) is 10.2 Å². The lowest BCUT2D eigenvalue weighted by atomic mass is 10.1. The minimum Gasteiger partial charge on any atom is -0.295 e. The van der Waals surface area contributed by atoms with Gasteiger partial charge in [-0.2, -0.15) is 5.10 Å². The number of nitrogens with zero attached hydrogens (tertiary/aromatic N) is 3. The number of aromatic nitrogens is 4. The molecule has 0 radical (unpaired) electrons. The second-order valence-corrected chi connectivity index (χ2v) is 7.75. The molecule has 27 heavy (non-hydrogen) atoms. The second-order valence-electron chi connectivity index (χ2n) is 5.55. The van der Waals surface area contributed by atoms with Gasteiger partial charge in [0.25, 0.3) is 11.5 Å². The van der Waals surface area contributed by atoms with Crippen molar-refractivity contribution in [3.63, 3.8) is 0 Å². The van der Waals surface area contributed by atoms with Gasteiger partial charge >= 0.3 is 0 Å². The quantitative estimate of drug-likeness (QED) is 0.397. The largest absolute Gasteiger partial charge is 0.295 e.